The highest BCUT2D eigenvalue weighted by Gasteiger charge is 2.19. The van der Waals surface area contributed by atoms with Crippen LogP contribution in [0.1, 0.15) is 0 Å². The highest BCUT2D eigenvalue weighted by Crippen LogP contribution is 2.12. The monoisotopic (exact) mass is 217 g/mol. The summed E-state index contributed by atoms with van der Waals surface area (Å²) in [4.78, 5) is 10.6. The van der Waals surface area contributed by atoms with Crippen molar-refractivity contribution in [3.63, 3.8) is 0 Å². The number of thiol groups is 1. The van der Waals surface area contributed by atoms with Crippen LogP contribution in [0.15, 0.2) is 0 Å². The molecule has 3 N–H and O–H groups in total. The SMILES string of the molecule is NC(CS)C(=O)SS(=O)(=O)O. The van der Waals surface area contributed by atoms with Crippen molar-refractivity contribution in [3.8, 4) is 0 Å². The lowest BCUT2D eigenvalue weighted by molar-refractivity contribution is -0.111. The maximum Gasteiger partial charge on any atom is 0.327 e. The molecule has 0 aliphatic heterocycles. The molecule has 0 radical (unpaired) electrons. The van der Waals surface area contributed by atoms with Crippen molar-refractivity contribution in [1.82, 2.24) is 0 Å². The Morgan fingerprint density at radius 1 is 1.73 bits per heavy atom. The topological polar surface area (TPSA) is 97.5 Å². The maximum absolute atomic E-state index is 10.6. The first-order valence-corrected chi connectivity index (χ1v) is 5.84. The van der Waals surface area contributed by atoms with Gasteiger partial charge in [0.25, 0.3) is 0 Å². The van der Waals surface area contributed by atoms with E-state index in [2.05, 4.69) is 12.6 Å². The van der Waals surface area contributed by atoms with Gasteiger partial charge in [0.2, 0.25) is 5.12 Å². The summed E-state index contributed by atoms with van der Waals surface area (Å²) >= 11 is 3.67. The molecule has 1 atom stereocenters. The molecule has 0 aromatic rings. The van der Waals surface area contributed by atoms with Crippen LogP contribution in [0.3, 0.4) is 0 Å². The molecule has 0 aromatic carbocycles. The second-order valence-corrected chi connectivity index (χ2v) is 5.17. The number of hydrogen-bond donors (Lipinski definition) is 3. The molecule has 8 heteroatoms. The molecule has 0 bridgehead atoms. The van der Waals surface area contributed by atoms with Gasteiger partial charge in [-0.05, 0) is 0 Å². The third-order valence-corrected chi connectivity index (χ3v) is 2.88. The Bertz CT molecular complexity index is 235. The van der Waals surface area contributed by atoms with E-state index in [0.29, 0.717) is 0 Å². The Morgan fingerprint density at radius 2 is 2.18 bits per heavy atom. The molecule has 0 saturated carbocycles. The van der Waals surface area contributed by atoms with Crippen molar-refractivity contribution < 1.29 is 17.8 Å². The van der Waals surface area contributed by atoms with Gasteiger partial charge in [0.05, 0.1) is 16.8 Å². The predicted molar refractivity (Wildman–Crippen MR) is 46.0 cm³/mol. The largest absolute Gasteiger partial charge is 0.327 e. The van der Waals surface area contributed by atoms with Gasteiger partial charge in [-0.15, -0.1) is 0 Å². The van der Waals surface area contributed by atoms with Crippen LogP contribution < -0.4 is 5.73 Å². The van der Waals surface area contributed by atoms with Crippen molar-refractivity contribution in [1.29, 1.82) is 0 Å². The smallest absolute Gasteiger partial charge is 0.320 e. The number of carbonyl (C=O) groups is 1. The fraction of sp³-hybridized carbons (Fsp3) is 0.667. The fourth-order valence-corrected chi connectivity index (χ4v) is 1.94. The lowest BCUT2D eigenvalue weighted by atomic mass is 10.4. The highest BCUT2D eigenvalue weighted by atomic mass is 33.1. The summed E-state index contributed by atoms with van der Waals surface area (Å²) in [7, 11) is -4.52. The summed E-state index contributed by atoms with van der Waals surface area (Å²) in [6, 6.07) is -0.967. The summed E-state index contributed by atoms with van der Waals surface area (Å²) in [5.41, 5.74) is 5.10. The molecule has 0 aliphatic carbocycles. The molecule has 0 rings (SSSR count). The van der Waals surface area contributed by atoms with E-state index in [9.17, 15) is 13.2 Å². The Hall–Kier alpha value is 0.240. The summed E-state index contributed by atoms with van der Waals surface area (Å²) in [6.45, 7) is 0. The van der Waals surface area contributed by atoms with E-state index in [1.54, 1.807) is 0 Å². The quantitative estimate of drug-likeness (QED) is 0.329. The lowest BCUT2D eigenvalue weighted by Gasteiger charge is -2.02. The molecule has 0 aliphatic rings. The van der Waals surface area contributed by atoms with Crippen molar-refractivity contribution in [2.45, 2.75) is 6.04 Å². The predicted octanol–water partition coefficient (Wildman–Crippen LogP) is -0.694. The van der Waals surface area contributed by atoms with Crippen molar-refractivity contribution >= 4 is 37.7 Å². The van der Waals surface area contributed by atoms with Crippen LogP contribution in [0.4, 0.5) is 0 Å². The van der Waals surface area contributed by atoms with Crippen LogP contribution in [0.2, 0.25) is 0 Å². The Morgan fingerprint density at radius 3 is 2.45 bits per heavy atom. The molecule has 1 unspecified atom stereocenters. The fourth-order valence-electron chi connectivity index (χ4n) is 0.240. The van der Waals surface area contributed by atoms with Gasteiger partial charge in [-0.3, -0.25) is 9.35 Å². The normalized spacial score (nSPS) is 14.5. The average Bonchev–Trinajstić information content (AvgIpc) is 1.82. The number of carbonyl (C=O) groups excluding carboxylic acids is 1. The molecule has 0 fully saturated rings. The Balaban J connectivity index is 4.10. The third kappa shape index (κ3) is 5.50. The van der Waals surface area contributed by atoms with E-state index >= 15 is 0 Å². The van der Waals surface area contributed by atoms with Crippen molar-refractivity contribution in [2.75, 3.05) is 5.75 Å². The van der Waals surface area contributed by atoms with Gasteiger partial charge in [0.15, 0.2) is 0 Å². The zero-order valence-corrected chi connectivity index (χ0v) is 7.82. The van der Waals surface area contributed by atoms with Gasteiger partial charge < -0.3 is 5.73 Å². The average molecular weight is 217 g/mol. The molecule has 0 spiro atoms. The van der Waals surface area contributed by atoms with Crippen LogP contribution in [0.25, 0.3) is 0 Å². The maximum atomic E-state index is 10.6. The number of hydrogen-bond acceptors (Lipinski definition) is 6. The summed E-state index contributed by atoms with van der Waals surface area (Å²) in [5, 5.41) is -0.817. The minimum Gasteiger partial charge on any atom is -0.320 e. The summed E-state index contributed by atoms with van der Waals surface area (Å²) in [6.07, 6.45) is 0. The first-order valence-electron chi connectivity index (χ1n) is 2.44. The van der Waals surface area contributed by atoms with Gasteiger partial charge in [-0.25, -0.2) is 0 Å². The first-order chi connectivity index (χ1) is 4.87. The second kappa shape index (κ2) is 4.31. The molecule has 0 aromatic heterocycles. The number of nitrogens with two attached hydrogens (primary N) is 1. The number of rotatable bonds is 3. The Kier molecular flexibility index (Phi) is 4.41. The molecule has 0 saturated heterocycles. The van der Waals surface area contributed by atoms with Crippen LogP contribution in [-0.4, -0.2) is 29.9 Å². The van der Waals surface area contributed by atoms with E-state index in [1.165, 1.54) is 0 Å². The zero-order chi connectivity index (χ0) is 9.07. The first kappa shape index (κ1) is 11.2. The highest BCUT2D eigenvalue weighted by molar-refractivity contribution is 8.76. The van der Waals surface area contributed by atoms with Crippen LogP contribution in [0, 0.1) is 0 Å². The van der Waals surface area contributed by atoms with Crippen molar-refractivity contribution in [2.24, 2.45) is 5.73 Å². The zero-order valence-electron chi connectivity index (χ0n) is 5.30. The van der Waals surface area contributed by atoms with E-state index in [0.717, 1.165) is 0 Å². The molecular weight excluding hydrogens is 210 g/mol. The lowest BCUT2D eigenvalue weighted by Crippen LogP contribution is -2.30. The van der Waals surface area contributed by atoms with Crippen LogP contribution in [0.5, 0.6) is 0 Å². The van der Waals surface area contributed by atoms with Crippen molar-refractivity contribution in [3.05, 3.63) is 0 Å². The molecular formula is C3H7NO4S3. The van der Waals surface area contributed by atoms with Gasteiger partial charge >= 0.3 is 9.15 Å². The minimum atomic E-state index is -4.33. The van der Waals surface area contributed by atoms with E-state index in [-0.39, 0.29) is 16.5 Å². The van der Waals surface area contributed by atoms with Gasteiger partial charge in [0.1, 0.15) is 0 Å². The van der Waals surface area contributed by atoms with E-state index < -0.39 is 20.3 Å². The third-order valence-electron chi connectivity index (χ3n) is 0.687. The van der Waals surface area contributed by atoms with Crippen LogP contribution >= 0.6 is 23.4 Å². The minimum absolute atomic E-state index is 0.0430. The van der Waals surface area contributed by atoms with E-state index in [1.807, 2.05) is 0 Å². The van der Waals surface area contributed by atoms with Gasteiger partial charge in [0, 0.05) is 5.75 Å². The molecule has 0 heterocycles. The van der Waals surface area contributed by atoms with Crippen LogP contribution in [-0.2, 0) is 13.9 Å². The molecule has 66 valence electrons. The summed E-state index contributed by atoms with van der Waals surface area (Å²) < 4.78 is 28.3. The molecule has 0 amide bonds. The standard InChI is InChI=1S/C3H7NO4S3/c4-2(1-9)3(5)10-11(6,7)8/h2,9H,1,4H2,(H,6,7,8). The Labute approximate surface area is 73.3 Å². The van der Waals surface area contributed by atoms with Gasteiger partial charge in [-0.2, -0.15) is 21.0 Å². The second-order valence-electron chi connectivity index (χ2n) is 1.62. The summed E-state index contributed by atoms with van der Waals surface area (Å²) in [5.74, 6) is 0.0430. The van der Waals surface area contributed by atoms with Gasteiger partial charge in [-0.1, -0.05) is 0 Å². The molecule has 11 heavy (non-hydrogen) atoms. The van der Waals surface area contributed by atoms with E-state index in [4.69, 9.17) is 10.3 Å². The molecule has 5 nitrogen and oxygen atoms in total.